The number of halogens is 2. The topological polar surface area (TPSA) is 56.1 Å². The molecule has 35 heavy (non-hydrogen) atoms. The SMILES string of the molecule is CCc1nc2ccc(F)c(F)c2n1-c1cccc(CNc2ccc3c(c2)OCC3CC(C)=O)c1C. The predicted octanol–water partition coefficient (Wildman–Crippen LogP) is 6.24. The fraction of sp³-hybridized carbons (Fsp3) is 0.286. The number of anilines is 1. The first kappa shape index (κ1) is 23.0. The van der Waals surface area contributed by atoms with E-state index in [4.69, 9.17) is 4.74 Å². The van der Waals surface area contributed by atoms with Crippen LogP contribution in [0.4, 0.5) is 14.5 Å². The van der Waals surface area contributed by atoms with Crippen molar-refractivity contribution in [1.82, 2.24) is 9.55 Å². The number of nitrogens with zero attached hydrogens (tertiary/aromatic N) is 2. The highest BCUT2D eigenvalue weighted by atomic mass is 19.2. The molecule has 3 aromatic carbocycles. The molecule has 1 aliphatic heterocycles. The van der Waals surface area contributed by atoms with Crippen molar-refractivity contribution in [1.29, 1.82) is 0 Å². The van der Waals surface area contributed by atoms with Crippen molar-refractivity contribution in [3.05, 3.63) is 82.7 Å². The van der Waals surface area contributed by atoms with Crippen LogP contribution in [-0.2, 0) is 17.8 Å². The molecular weight excluding hydrogens is 448 g/mol. The number of aryl methyl sites for hydroxylation is 1. The second kappa shape index (κ2) is 9.13. The Balaban J connectivity index is 1.44. The molecule has 1 atom stereocenters. The van der Waals surface area contributed by atoms with Crippen molar-refractivity contribution in [3.8, 4) is 11.4 Å². The van der Waals surface area contributed by atoms with Crippen LogP contribution in [0.2, 0.25) is 0 Å². The van der Waals surface area contributed by atoms with Gasteiger partial charge in [-0.25, -0.2) is 13.8 Å². The molecule has 7 heteroatoms. The van der Waals surface area contributed by atoms with E-state index in [9.17, 15) is 13.6 Å². The number of nitrogens with one attached hydrogen (secondary N) is 1. The summed E-state index contributed by atoms with van der Waals surface area (Å²) in [6.07, 6.45) is 1.07. The fourth-order valence-corrected chi connectivity index (χ4v) is 4.85. The number of hydrogen-bond donors (Lipinski definition) is 1. The number of imidazole rings is 1. The van der Waals surface area contributed by atoms with Gasteiger partial charge in [0, 0.05) is 42.6 Å². The van der Waals surface area contributed by atoms with Gasteiger partial charge in [-0.1, -0.05) is 25.1 Å². The maximum absolute atomic E-state index is 14.8. The number of benzene rings is 3. The highest BCUT2D eigenvalue weighted by molar-refractivity contribution is 5.80. The lowest BCUT2D eigenvalue weighted by Crippen LogP contribution is -2.08. The summed E-state index contributed by atoms with van der Waals surface area (Å²) in [5.74, 6) is -0.0303. The number of hydrogen-bond acceptors (Lipinski definition) is 4. The number of ketones is 1. The third kappa shape index (κ3) is 4.16. The minimum atomic E-state index is -0.890. The third-order valence-electron chi connectivity index (χ3n) is 6.66. The minimum absolute atomic E-state index is 0.110. The van der Waals surface area contributed by atoms with Crippen molar-refractivity contribution in [2.45, 2.75) is 46.1 Å². The molecule has 0 saturated heterocycles. The first-order chi connectivity index (χ1) is 16.9. The van der Waals surface area contributed by atoms with E-state index in [1.54, 1.807) is 11.5 Å². The second-order valence-electron chi connectivity index (χ2n) is 9.03. The molecule has 180 valence electrons. The Morgan fingerprint density at radius 2 is 2.03 bits per heavy atom. The van der Waals surface area contributed by atoms with Crippen molar-refractivity contribution >= 4 is 22.5 Å². The predicted molar refractivity (Wildman–Crippen MR) is 132 cm³/mol. The maximum atomic E-state index is 14.8. The highest BCUT2D eigenvalue weighted by Gasteiger charge is 2.25. The summed E-state index contributed by atoms with van der Waals surface area (Å²) in [5.41, 5.74) is 5.33. The zero-order valence-electron chi connectivity index (χ0n) is 20.0. The molecule has 0 bridgehead atoms. The van der Waals surface area contributed by atoms with Gasteiger partial charge in [0.25, 0.3) is 0 Å². The third-order valence-corrected chi connectivity index (χ3v) is 6.66. The number of carbonyl (C=O) groups excluding carboxylic acids is 1. The normalized spacial score (nSPS) is 14.7. The summed E-state index contributed by atoms with van der Waals surface area (Å²) in [7, 11) is 0. The number of Topliss-reactive ketones (excluding diaryl/α,β-unsaturated/α-hetero) is 1. The van der Waals surface area contributed by atoms with Crippen LogP contribution in [0, 0.1) is 18.6 Å². The van der Waals surface area contributed by atoms with Gasteiger partial charge in [0.15, 0.2) is 11.6 Å². The number of carbonyl (C=O) groups is 1. The summed E-state index contributed by atoms with van der Waals surface area (Å²) in [4.78, 5) is 16.1. The van der Waals surface area contributed by atoms with Crippen LogP contribution < -0.4 is 10.1 Å². The smallest absolute Gasteiger partial charge is 0.185 e. The number of fused-ring (bicyclic) bond motifs is 2. The summed E-state index contributed by atoms with van der Waals surface area (Å²) < 4.78 is 36.4. The van der Waals surface area contributed by atoms with Gasteiger partial charge in [-0.3, -0.25) is 4.57 Å². The van der Waals surface area contributed by atoms with E-state index in [1.165, 1.54) is 6.07 Å². The second-order valence-corrected chi connectivity index (χ2v) is 9.03. The zero-order valence-corrected chi connectivity index (χ0v) is 20.0. The molecular formula is C28H27F2N3O2. The zero-order chi connectivity index (χ0) is 24.7. The Morgan fingerprint density at radius 1 is 1.20 bits per heavy atom. The number of aromatic nitrogens is 2. The van der Waals surface area contributed by atoms with Crippen LogP contribution in [0.5, 0.6) is 5.75 Å². The Hall–Kier alpha value is -3.74. The Bertz CT molecular complexity index is 1440. The van der Waals surface area contributed by atoms with E-state index in [-0.39, 0.29) is 17.2 Å². The Morgan fingerprint density at radius 3 is 2.80 bits per heavy atom. The van der Waals surface area contributed by atoms with Gasteiger partial charge in [-0.15, -0.1) is 0 Å². The Kier molecular flexibility index (Phi) is 6.01. The van der Waals surface area contributed by atoms with Gasteiger partial charge >= 0.3 is 0 Å². The van der Waals surface area contributed by atoms with Gasteiger partial charge in [-0.2, -0.15) is 0 Å². The molecule has 1 aliphatic rings. The van der Waals surface area contributed by atoms with Gasteiger partial charge in [0.1, 0.15) is 22.9 Å². The van der Waals surface area contributed by atoms with Gasteiger partial charge in [0.2, 0.25) is 0 Å². The average Bonchev–Trinajstić information content (AvgIpc) is 3.41. The summed E-state index contributed by atoms with van der Waals surface area (Å²) in [5, 5.41) is 3.44. The molecule has 2 heterocycles. The van der Waals surface area contributed by atoms with Crippen LogP contribution in [0.1, 0.15) is 48.7 Å². The van der Waals surface area contributed by atoms with E-state index in [2.05, 4.69) is 10.3 Å². The molecule has 0 fully saturated rings. The first-order valence-corrected chi connectivity index (χ1v) is 11.8. The first-order valence-electron chi connectivity index (χ1n) is 11.8. The lowest BCUT2D eigenvalue weighted by Gasteiger charge is -2.16. The molecule has 0 spiro atoms. The Labute approximate surface area is 202 Å². The molecule has 5 nitrogen and oxygen atoms in total. The molecule has 1 unspecified atom stereocenters. The molecule has 1 aromatic heterocycles. The summed E-state index contributed by atoms with van der Waals surface area (Å²) in [6.45, 7) is 6.59. The van der Waals surface area contributed by atoms with E-state index in [0.29, 0.717) is 37.3 Å². The molecule has 5 rings (SSSR count). The van der Waals surface area contributed by atoms with Crippen molar-refractivity contribution in [2.75, 3.05) is 11.9 Å². The molecule has 0 aliphatic carbocycles. The van der Waals surface area contributed by atoms with Crippen LogP contribution >= 0.6 is 0 Å². The van der Waals surface area contributed by atoms with Gasteiger partial charge in [0.05, 0.1) is 17.8 Å². The van der Waals surface area contributed by atoms with Crippen LogP contribution in [0.15, 0.2) is 48.5 Å². The lowest BCUT2D eigenvalue weighted by atomic mass is 9.96. The largest absolute Gasteiger partial charge is 0.493 e. The summed E-state index contributed by atoms with van der Waals surface area (Å²) in [6, 6.07) is 14.4. The highest BCUT2D eigenvalue weighted by Crippen LogP contribution is 2.38. The molecule has 0 saturated carbocycles. The van der Waals surface area contributed by atoms with E-state index >= 15 is 0 Å². The van der Waals surface area contributed by atoms with Gasteiger partial charge < -0.3 is 14.8 Å². The quantitative estimate of drug-likeness (QED) is 0.344. The monoisotopic (exact) mass is 475 g/mol. The number of ether oxygens (including phenoxy) is 1. The molecule has 0 radical (unpaired) electrons. The maximum Gasteiger partial charge on any atom is 0.185 e. The van der Waals surface area contributed by atoms with Crippen LogP contribution in [0.3, 0.4) is 0 Å². The van der Waals surface area contributed by atoms with Crippen LogP contribution in [0.25, 0.3) is 16.7 Å². The van der Waals surface area contributed by atoms with Gasteiger partial charge in [-0.05, 0) is 49.2 Å². The molecule has 4 aromatic rings. The lowest BCUT2D eigenvalue weighted by molar-refractivity contribution is -0.117. The van der Waals surface area contributed by atoms with E-state index in [1.807, 2.05) is 50.2 Å². The van der Waals surface area contributed by atoms with Crippen LogP contribution in [-0.4, -0.2) is 21.9 Å². The molecule has 0 amide bonds. The average molecular weight is 476 g/mol. The molecule has 1 N–H and O–H groups in total. The van der Waals surface area contributed by atoms with E-state index in [0.717, 1.165) is 39.9 Å². The standard InChI is InChI=1S/C28H27F2N3O2/c1-4-26-32-23-11-10-22(29)27(30)28(23)33(26)24-7-5-6-18(17(24)3)14-31-20-8-9-21-19(12-16(2)34)15-35-25(21)13-20/h5-11,13,19,31H,4,12,14-15H2,1-3H3. The van der Waals surface area contributed by atoms with E-state index < -0.39 is 11.6 Å². The summed E-state index contributed by atoms with van der Waals surface area (Å²) >= 11 is 0. The minimum Gasteiger partial charge on any atom is -0.493 e. The fourth-order valence-electron chi connectivity index (χ4n) is 4.85. The van der Waals surface area contributed by atoms with Crippen molar-refractivity contribution < 1.29 is 18.3 Å². The number of rotatable bonds is 7. The van der Waals surface area contributed by atoms with Crippen molar-refractivity contribution in [3.63, 3.8) is 0 Å². The van der Waals surface area contributed by atoms with Crippen molar-refractivity contribution in [2.24, 2.45) is 0 Å².